The molecule has 6 heteroatoms. The molecule has 2 atom stereocenters. The second kappa shape index (κ2) is 3.96. The average Bonchev–Trinajstić information content (AvgIpc) is 2.80. The number of nitrogens with one attached hydrogen (secondary N) is 1. The van der Waals surface area contributed by atoms with Crippen LogP contribution in [0.3, 0.4) is 0 Å². The summed E-state index contributed by atoms with van der Waals surface area (Å²) in [6, 6.07) is 0. The summed E-state index contributed by atoms with van der Waals surface area (Å²) < 4.78 is 4.90. The summed E-state index contributed by atoms with van der Waals surface area (Å²) in [6.07, 6.45) is 1.97. The predicted octanol–water partition coefficient (Wildman–Crippen LogP) is 0.645. The molecule has 16 heavy (non-hydrogen) atoms. The SMILES string of the molecule is CC1CC1C(=O)NCc1nc(C(=O)O)co1. The highest BCUT2D eigenvalue weighted by molar-refractivity contribution is 5.84. The van der Waals surface area contributed by atoms with E-state index in [1.807, 2.05) is 6.92 Å². The largest absolute Gasteiger partial charge is 0.476 e. The van der Waals surface area contributed by atoms with E-state index in [1.165, 1.54) is 0 Å². The van der Waals surface area contributed by atoms with Crippen LogP contribution < -0.4 is 5.32 Å². The van der Waals surface area contributed by atoms with Crippen molar-refractivity contribution in [3.8, 4) is 0 Å². The van der Waals surface area contributed by atoms with E-state index in [-0.39, 0.29) is 30.0 Å². The summed E-state index contributed by atoms with van der Waals surface area (Å²) in [5, 5.41) is 11.3. The molecular weight excluding hydrogens is 212 g/mol. The molecule has 1 aliphatic rings. The molecular formula is C10H12N2O4. The minimum Gasteiger partial charge on any atom is -0.476 e. The van der Waals surface area contributed by atoms with E-state index in [2.05, 4.69) is 10.3 Å². The first-order valence-electron chi connectivity index (χ1n) is 5.03. The first-order chi connectivity index (χ1) is 7.58. The fourth-order valence-corrected chi connectivity index (χ4v) is 1.47. The Morgan fingerprint density at radius 3 is 2.88 bits per heavy atom. The topological polar surface area (TPSA) is 92.4 Å². The Balaban J connectivity index is 1.85. The van der Waals surface area contributed by atoms with Crippen LogP contribution in [0.4, 0.5) is 0 Å². The molecule has 1 saturated carbocycles. The molecule has 1 amide bonds. The lowest BCUT2D eigenvalue weighted by Gasteiger charge is -1.99. The monoisotopic (exact) mass is 224 g/mol. The Labute approximate surface area is 91.7 Å². The van der Waals surface area contributed by atoms with Crippen molar-refractivity contribution < 1.29 is 19.1 Å². The lowest BCUT2D eigenvalue weighted by Crippen LogP contribution is -2.25. The van der Waals surface area contributed by atoms with E-state index in [0.717, 1.165) is 12.7 Å². The second-order valence-electron chi connectivity index (χ2n) is 3.97. The highest BCUT2D eigenvalue weighted by Crippen LogP contribution is 2.37. The Bertz CT molecular complexity index is 426. The summed E-state index contributed by atoms with van der Waals surface area (Å²) in [6.45, 7) is 2.15. The molecule has 0 radical (unpaired) electrons. The lowest BCUT2D eigenvalue weighted by atomic mass is 10.3. The van der Waals surface area contributed by atoms with Crippen molar-refractivity contribution >= 4 is 11.9 Å². The number of amides is 1. The van der Waals surface area contributed by atoms with Gasteiger partial charge >= 0.3 is 5.97 Å². The Morgan fingerprint density at radius 1 is 1.69 bits per heavy atom. The van der Waals surface area contributed by atoms with Gasteiger partial charge in [-0.1, -0.05) is 6.92 Å². The van der Waals surface area contributed by atoms with Crippen LogP contribution in [0, 0.1) is 11.8 Å². The summed E-state index contributed by atoms with van der Waals surface area (Å²) in [5.74, 6) is -0.424. The van der Waals surface area contributed by atoms with E-state index in [9.17, 15) is 9.59 Å². The highest BCUT2D eigenvalue weighted by Gasteiger charge is 2.38. The van der Waals surface area contributed by atoms with E-state index in [1.54, 1.807) is 0 Å². The Hall–Kier alpha value is -1.85. The van der Waals surface area contributed by atoms with Crippen molar-refractivity contribution in [1.29, 1.82) is 0 Å². The van der Waals surface area contributed by atoms with Gasteiger partial charge in [-0.15, -0.1) is 0 Å². The maximum atomic E-state index is 11.4. The molecule has 2 N–H and O–H groups in total. The lowest BCUT2D eigenvalue weighted by molar-refractivity contribution is -0.122. The molecule has 0 aromatic carbocycles. The molecule has 0 bridgehead atoms. The van der Waals surface area contributed by atoms with Crippen LogP contribution in [0.25, 0.3) is 0 Å². The number of carbonyl (C=O) groups is 2. The molecule has 2 unspecified atom stereocenters. The van der Waals surface area contributed by atoms with Gasteiger partial charge in [-0.2, -0.15) is 0 Å². The zero-order chi connectivity index (χ0) is 11.7. The first kappa shape index (κ1) is 10.7. The van der Waals surface area contributed by atoms with Gasteiger partial charge in [0.15, 0.2) is 5.69 Å². The predicted molar refractivity (Wildman–Crippen MR) is 52.6 cm³/mol. The minimum atomic E-state index is -1.14. The van der Waals surface area contributed by atoms with Crippen LogP contribution in [0.5, 0.6) is 0 Å². The molecule has 1 aliphatic carbocycles. The fourth-order valence-electron chi connectivity index (χ4n) is 1.47. The number of oxazole rings is 1. The van der Waals surface area contributed by atoms with Gasteiger partial charge in [0.05, 0.1) is 6.54 Å². The van der Waals surface area contributed by atoms with Crippen LogP contribution in [-0.4, -0.2) is 22.0 Å². The van der Waals surface area contributed by atoms with Gasteiger partial charge < -0.3 is 14.8 Å². The van der Waals surface area contributed by atoms with Gasteiger partial charge in [0, 0.05) is 5.92 Å². The van der Waals surface area contributed by atoms with Crippen LogP contribution in [0.2, 0.25) is 0 Å². The quantitative estimate of drug-likeness (QED) is 0.783. The first-order valence-corrected chi connectivity index (χ1v) is 5.03. The molecule has 1 aromatic rings. The van der Waals surface area contributed by atoms with Crippen LogP contribution in [0.1, 0.15) is 29.7 Å². The normalized spacial score (nSPS) is 22.8. The smallest absolute Gasteiger partial charge is 0.357 e. The van der Waals surface area contributed by atoms with Gasteiger partial charge in [-0.05, 0) is 12.3 Å². The maximum Gasteiger partial charge on any atom is 0.357 e. The number of rotatable bonds is 4. The maximum absolute atomic E-state index is 11.4. The number of carbonyl (C=O) groups excluding carboxylic acids is 1. The molecule has 6 nitrogen and oxygen atoms in total. The molecule has 0 spiro atoms. The van der Waals surface area contributed by atoms with Crippen molar-refractivity contribution in [3.63, 3.8) is 0 Å². The second-order valence-corrected chi connectivity index (χ2v) is 3.97. The molecule has 1 fully saturated rings. The molecule has 86 valence electrons. The number of hydrogen-bond acceptors (Lipinski definition) is 4. The number of carboxylic acid groups (broad SMARTS) is 1. The zero-order valence-corrected chi connectivity index (χ0v) is 8.77. The molecule has 2 rings (SSSR count). The van der Waals surface area contributed by atoms with Crippen LogP contribution in [0.15, 0.2) is 10.7 Å². The van der Waals surface area contributed by atoms with Gasteiger partial charge in [-0.3, -0.25) is 4.79 Å². The molecule has 1 heterocycles. The fraction of sp³-hybridized carbons (Fsp3) is 0.500. The van der Waals surface area contributed by atoms with Crippen molar-refractivity contribution in [2.45, 2.75) is 19.9 Å². The summed E-state index contributed by atoms with van der Waals surface area (Å²) in [7, 11) is 0. The molecule has 0 saturated heterocycles. The summed E-state index contributed by atoms with van der Waals surface area (Å²) >= 11 is 0. The van der Waals surface area contributed by atoms with E-state index >= 15 is 0 Å². The van der Waals surface area contributed by atoms with Gasteiger partial charge in [-0.25, -0.2) is 9.78 Å². The van der Waals surface area contributed by atoms with E-state index < -0.39 is 5.97 Å². The Morgan fingerprint density at radius 2 is 2.38 bits per heavy atom. The van der Waals surface area contributed by atoms with Crippen molar-refractivity contribution in [3.05, 3.63) is 17.8 Å². The Kier molecular flexibility index (Phi) is 2.64. The molecule has 1 aromatic heterocycles. The third kappa shape index (κ3) is 2.21. The number of aromatic carboxylic acids is 1. The van der Waals surface area contributed by atoms with Crippen molar-refractivity contribution in [2.24, 2.45) is 11.8 Å². The number of hydrogen-bond donors (Lipinski definition) is 2. The van der Waals surface area contributed by atoms with Crippen LogP contribution in [-0.2, 0) is 11.3 Å². The van der Waals surface area contributed by atoms with Crippen molar-refractivity contribution in [2.75, 3.05) is 0 Å². The van der Waals surface area contributed by atoms with E-state index in [4.69, 9.17) is 9.52 Å². The number of aromatic nitrogens is 1. The van der Waals surface area contributed by atoms with Gasteiger partial charge in [0.25, 0.3) is 0 Å². The van der Waals surface area contributed by atoms with Crippen molar-refractivity contribution in [1.82, 2.24) is 10.3 Å². The summed E-state index contributed by atoms with van der Waals surface area (Å²) in [5.41, 5.74) is -0.149. The van der Waals surface area contributed by atoms with Crippen LogP contribution >= 0.6 is 0 Å². The zero-order valence-electron chi connectivity index (χ0n) is 8.77. The average molecular weight is 224 g/mol. The highest BCUT2D eigenvalue weighted by atomic mass is 16.4. The van der Waals surface area contributed by atoms with Gasteiger partial charge in [0.1, 0.15) is 6.26 Å². The number of carboxylic acids is 1. The van der Waals surface area contributed by atoms with Gasteiger partial charge in [0.2, 0.25) is 11.8 Å². The van der Waals surface area contributed by atoms with E-state index in [0.29, 0.717) is 5.92 Å². The minimum absolute atomic E-state index is 0.0254. The summed E-state index contributed by atoms with van der Waals surface area (Å²) in [4.78, 5) is 25.6. The third-order valence-electron chi connectivity index (χ3n) is 2.63. The third-order valence-corrected chi connectivity index (χ3v) is 2.63. The standard InChI is InChI=1S/C10H12N2O4/c1-5-2-6(5)9(13)11-3-8-12-7(4-16-8)10(14)15/h4-6H,2-3H2,1H3,(H,11,13)(H,14,15). The molecule has 0 aliphatic heterocycles. The number of nitrogens with zero attached hydrogens (tertiary/aromatic N) is 1.